The van der Waals surface area contributed by atoms with E-state index in [-0.39, 0.29) is 6.42 Å². The van der Waals surface area contributed by atoms with Crippen molar-refractivity contribution < 1.29 is 13.6 Å². The van der Waals surface area contributed by atoms with Crippen LogP contribution in [0, 0.1) is 11.5 Å². The third-order valence-corrected chi connectivity index (χ3v) is 2.99. The van der Waals surface area contributed by atoms with Gasteiger partial charge in [-0.2, -0.15) is 0 Å². The van der Waals surface area contributed by atoms with Crippen LogP contribution in [0.1, 0.15) is 20.3 Å². The summed E-state index contributed by atoms with van der Waals surface area (Å²) in [6, 6.07) is -0.774. The molecule has 0 aromatic heterocycles. The lowest BCUT2D eigenvalue weighted by molar-refractivity contribution is -0.121. The van der Waals surface area contributed by atoms with Gasteiger partial charge in [-0.1, -0.05) is 13.8 Å². The van der Waals surface area contributed by atoms with E-state index in [1.165, 1.54) is 13.8 Å². The van der Waals surface area contributed by atoms with Crippen LogP contribution in [0.3, 0.4) is 0 Å². The number of alkyl halides is 2. The number of hydrogen-bond acceptors (Lipinski definition) is 2. The number of carbonyl (C=O) groups excluding carboxylic acids is 1. The summed E-state index contributed by atoms with van der Waals surface area (Å²) in [5, 5.41) is 2.92. The Morgan fingerprint density at radius 1 is 1.53 bits per heavy atom. The average molecular weight is 269 g/mol. The highest BCUT2D eigenvalue weighted by atomic mass is 19.3. The van der Waals surface area contributed by atoms with E-state index in [9.17, 15) is 13.6 Å². The Balaban J connectivity index is 2.59. The van der Waals surface area contributed by atoms with Gasteiger partial charge in [-0.15, -0.1) is 0 Å². The van der Waals surface area contributed by atoms with Gasteiger partial charge in [-0.25, -0.2) is 8.78 Å². The van der Waals surface area contributed by atoms with Crippen molar-refractivity contribution in [1.29, 1.82) is 0 Å². The topological polar surface area (TPSA) is 55.1 Å². The number of nitrogens with two attached hydrogens (primary N) is 1. The van der Waals surface area contributed by atoms with Gasteiger partial charge in [0, 0.05) is 17.6 Å². The van der Waals surface area contributed by atoms with Crippen molar-refractivity contribution in [2.75, 3.05) is 6.54 Å². The molecule has 1 rings (SSSR count). The smallest absolute Gasteiger partial charge is 0.243 e. The predicted octanol–water partition coefficient (Wildman–Crippen LogP) is 1.97. The van der Waals surface area contributed by atoms with Crippen LogP contribution in [0.5, 0.6) is 0 Å². The molecule has 104 valence electrons. The first-order valence-electron chi connectivity index (χ1n) is 6.09. The van der Waals surface area contributed by atoms with Crippen LogP contribution in [-0.4, -0.2) is 24.9 Å². The lowest BCUT2D eigenvalue weighted by atomic mass is 9.86. The van der Waals surface area contributed by atoms with Crippen molar-refractivity contribution in [3.05, 3.63) is 36.0 Å². The fourth-order valence-corrected chi connectivity index (χ4v) is 1.67. The van der Waals surface area contributed by atoms with Crippen molar-refractivity contribution in [2.45, 2.75) is 32.7 Å². The number of primary amides is 1. The number of halogens is 2. The summed E-state index contributed by atoms with van der Waals surface area (Å²) in [7, 11) is 0. The highest BCUT2D eigenvalue weighted by molar-refractivity contribution is 5.79. The van der Waals surface area contributed by atoms with E-state index in [2.05, 4.69) is 11.4 Å². The van der Waals surface area contributed by atoms with Crippen LogP contribution >= 0.6 is 0 Å². The summed E-state index contributed by atoms with van der Waals surface area (Å²) in [4.78, 5) is 11.3. The van der Waals surface area contributed by atoms with Gasteiger partial charge in [0.05, 0.1) is 24.2 Å². The highest BCUT2D eigenvalue weighted by Crippen LogP contribution is 2.30. The maximum Gasteiger partial charge on any atom is 0.243 e. The molecule has 0 heterocycles. The molecule has 5 heteroatoms. The van der Waals surface area contributed by atoms with Gasteiger partial charge >= 0.3 is 0 Å². The minimum Gasteiger partial charge on any atom is -0.368 e. The third kappa shape index (κ3) is 4.89. The molecule has 1 amide bonds. The van der Waals surface area contributed by atoms with Crippen molar-refractivity contribution >= 4 is 5.91 Å². The van der Waals surface area contributed by atoms with Gasteiger partial charge in [-0.05, 0) is 6.42 Å². The van der Waals surface area contributed by atoms with E-state index in [0.717, 1.165) is 5.57 Å². The molecular formula is C14H19F2N2O+. The second-order valence-corrected chi connectivity index (χ2v) is 5.24. The summed E-state index contributed by atoms with van der Waals surface area (Å²) >= 11 is 0. The van der Waals surface area contributed by atoms with Crippen molar-refractivity contribution in [2.24, 2.45) is 11.1 Å². The van der Waals surface area contributed by atoms with Crippen LogP contribution in [0.2, 0.25) is 0 Å². The van der Waals surface area contributed by atoms with E-state index in [1.807, 2.05) is 12.2 Å². The summed E-state index contributed by atoms with van der Waals surface area (Å²) < 4.78 is 25.6. The molecule has 0 unspecified atom stereocenters. The lowest BCUT2D eigenvalue weighted by Crippen LogP contribution is -2.46. The third-order valence-electron chi connectivity index (χ3n) is 2.99. The second kappa shape index (κ2) is 6.55. The van der Waals surface area contributed by atoms with Crippen LogP contribution in [0.25, 0.3) is 0 Å². The zero-order valence-electron chi connectivity index (χ0n) is 11.1. The molecule has 0 radical (unpaired) electrons. The zero-order chi connectivity index (χ0) is 14.5. The lowest BCUT2D eigenvalue weighted by Gasteiger charge is -2.27. The minimum absolute atomic E-state index is 0.00342. The summed E-state index contributed by atoms with van der Waals surface area (Å²) in [6.07, 6.45) is 7.61. The van der Waals surface area contributed by atoms with Crippen molar-refractivity contribution in [1.82, 2.24) is 5.32 Å². The summed E-state index contributed by atoms with van der Waals surface area (Å²) in [6.45, 7) is 3.24. The van der Waals surface area contributed by atoms with Gasteiger partial charge in [0.25, 0.3) is 0 Å². The van der Waals surface area contributed by atoms with Crippen molar-refractivity contribution in [3.63, 3.8) is 0 Å². The molecular weight excluding hydrogens is 250 g/mol. The number of nitrogens with one attached hydrogen (secondary N) is 1. The first-order valence-corrected chi connectivity index (χ1v) is 6.09. The van der Waals surface area contributed by atoms with Crippen LogP contribution < -0.4 is 11.1 Å². The predicted molar refractivity (Wildman–Crippen MR) is 70.4 cm³/mol. The Kier molecular flexibility index (Phi) is 5.33. The van der Waals surface area contributed by atoms with Crippen molar-refractivity contribution in [3.8, 4) is 0 Å². The molecule has 0 saturated carbocycles. The maximum absolute atomic E-state index is 12.8. The Labute approximate surface area is 112 Å². The van der Waals surface area contributed by atoms with Crippen LogP contribution in [0.15, 0.2) is 29.9 Å². The molecule has 19 heavy (non-hydrogen) atoms. The van der Waals surface area contributed by atoms with Gasteiger partial charge < -0.3 is 5.73 Å². The van der Waals surface area contributed by atoms with E-state index in [0.29, 0.717) is 6.54 Å². The fraction of sp³-hybridized carbons (Fsp3) is 0.500. The fourth-order valence-electron chi connectivity index (χ4n) is 1.67. The first kappa shape index (κ1) is 15.5. The summed E-state index contributed by atoms with van der Waals surface area (Å²) in [5.41, 5.74) is 4.92. The standard InChI is InChI=1S/C14H18F2N2O/c1-14(2,13(15)16)8-11(12(17)19)18-9-10-6-4-3-5-7-10/h3-4,6-7,11,13,18H,8-9H2,1-2H3,(H-,17,19)/p+1/t11-/m0/s1. The molecule has 3 N–H and O–H groups in total. The van der Waals surface area contributed by atoms with E-state index < -0.39 is 23.8 Å². The SMILES string of the molecule is CC(C)(C[C@H](NCC1=CC=C[C+]=C1)C(N)=O)C(F)F. The quantitative estimate of drug-likeness (QED) is 0.694. The number of carbonyl (C=O) groups is 1. The van der Waals surface area contributed by atoms with Gasteiger partial charge in [0.15, 0.2) is 0 Å². The Morgan fingerprint density at radius 3 is 2.68 bits per heavy atom. The summed E-state index contributed by atoms with van der Waals surface area (Å²) in [5.74, 6) is -0.617. The Hall–Kier alpha value is -1.58. The zero-order valence-corrected chi connectivity index (χ0v) is 11.1. The number of amides is 1. The van der Waals surface area contributed by atoms with Gasteiger partial charge in [0.1, 0.15) is 12.2 Å². The number of rotatable bonds is 7. The second-order valence-electron chi connectivity index (χ2n) is 5.24. The molecule has 0 bridgehead atoms. The average Bonchev–Trinajstić information content (AvgIpc) is 2.35. The molecule has 0 aliphatic heterocycles. The maximum atomic E-state index is 12.8. The molecule has 1 aliphatic carbocycles. The largest absolute Gasteiger partial charge is 0.368 e. The van der Waals surface area contributed by atoms with E-state index in [4.69, 9.17) is 5.73 Å². The molecule has 0 saturated heterocycles. The van der Waals surface area contributed by atoms with E-state index >= 15 is 0 Å². The number of hydrogen-bond donors (Lipinski definition) is 2. The molecule has 0 spiro atoms. The molecule has 0 aromatic rings. The molecule has 1 aliphatic rings. The Morgan fingerprint density at radius 2 is 2.21 bits per heavy atom. The van der Waals surface area contributed by atoms with E-state index in [1.54, 1.807) is 12.2 Å². The number of allylic oxidation sites excluding steroid dienone is 4. The molecule has 3 nitrogen and oxygen atoms in total. The molecule has 0 fully saturated rings. The normalized spacial score (nSPS) is 16.2. The Bertz CT molecular complexity index is 412. The molecule has 0 aromatic carbocycles. The monoisotopic (exact) mass is 269 g/mol. The molecule has 1 atom stereocenters. The minimum atomic E-state index is -2.50. The van der Waals surface area contributed by atoms with Gasteiger partial charge in [-0.3, -0.25) is 10.1 Å². The first-order chi connectivity index (χ1) is 8.83. The highest BCUT2D eigenvalue weighted by Gasteiger charge is 2.34. The van der Waals surface area contributed by atoms with Crippen LogP contribution in [-0.2, 0) is 4.79 Å². The van der Waals surface area contributed by atoms with Crippen LogP contribution in [0.4, 0.5) is 8.78 Å². The van der Waals surface area contributed by atoms with Gasteiger partial charge in [0.2, 0.25) is 12.3 Å².